The molecule has 1 saturated carbocycles. The SMILES string of the molecule is N#CC1(C(O)c2cccc(C(F)F)c2)CCCCC1. The fraction of sp³-hybridized carbons (Fsp3) is 0.533. The van der Waals surface area contributed by atoms with E-state index in [2.05, 4.69) is 6.07 Å². The Morgan fingerprint density at radius 2 is 1.79 bits per heavy atom. The van der Waals surface area contributed by atoms with E-state index in [1.54, 1.807) is 6.07 Å². The zero-order valence-electron chi connectivity index (χ0n) is 10.6. The van der Waals surface area contributed by atoms with Crippen molar-refractivity contribution in [3.63, 3.8) is 0 Å². The summed E-state index contributed by atoms with van der Waals surface area (Å²) in [5.74, 6) is 0. The molecule has 4 heteroatoms. The van der Waals surface area contributed by atoms with Crippen molar-refractivity contribution in [2.24, 2.45) is 5.41 Å². The Morgan fingerprint density at radius 1 is 1.16 bits per heavy atom. The molecule has 1 atom stereocenters. The lowest BCUT2D eigenvalue weighted by atomic mass is 9.69. The molecule has 1 N–H and O–H groups in total. The molecule has 1 aromatic rings. The zero-order valence-corrected chi connectivity index (χ0v) is 10.6. The second-order valence-electron chi connectivity index (χ2n) is 5.20. The van der Waals surface area contributed by atoms with Gasteiger partial charge in [-0.1, -0.05) is 37.5 Å². The van der Waals surface area contributed by atoms with E-state index in [1.807, 2.05) is 0 Å². The number of benzene rings is 1. The highest BCUT2D eigenvalue weighted by Crippen LogP contribution is 2.45. The van der Waals surface area contributed by atoms with Crippen LogP contribution in [-0.4, -0.2) is 5.11 Å². The smallest absolute Gasteiger partial charge is 0.263 e. The van der Waals surface area contributed by atoms with Gasteiger partial charge in [0.15, 0.2) is 0 Å². The molecule has 1 aromatic carbocycles. The number of hydrogen-bond acceptors (Lipinski definition) is 2. The third-order valence-electron chi connectivity index (χ3n) is 3.97. The van der Waals surface area contributed by atoms with E-state index < -0.39 is 17.9 Å². The van der Waals surface area contributed by atoms with Gasteiger partial charge in [-0.25, -0.2) is 8.78 Å². The Hall–Kier alpha value is -1.47. The predicted molar refractivity (Wildman–Crippen MR) is 67.5 cm³/mol. The zero-order chi connectivity index (χ0) is 13.9. The van der Waals surface area contributed by atoms with Crippen LogP contribution in [0.2, 0.25) is 0 Å². The summed E-state index contributed by atoms with van der Waals surface area (Å²) in [6.07, 6.45) is 0.576. The lowest BCUT2D eigenvalue weighted by Gasteiger charge is -2.35. The summed E-state index contributed by atoms with van der Waals surface area (Å²) in [6, 6.07) is 7.99. The minimum absolute atomic E-state index is 0.111. The Kier molecular flexibility index (Phi) is 4.16. The molecule has 1 fully saturated rings. The van der Waals surface area contributed by atoms with Crippen LogP contribution < -0.4 is 0 Å². The van der Waals surface area contributed by atoms with Gasteiger partial charge in [0.2, 0.25) is 0 Å². The van der Waals surface area contributed by atoms with Crippen molar-refractivity contribution in [3.05, 3.63) is 35.4 Å². The number of aliphatic hydroxyl groups is 1. The molecule has 0 bridgehead atoms. The normalized spacial score (nSPS) is 19.9. The van der Waals surface area contributed by atoms with Crippen LogP contribution in [0.15, 0.2) is 24.3 Å². The fourth-order valence-corrected chi connectivity index (χ4v) is 2.81. The average Bonchev–Trinajstić information content (AvgIpc) is 2.47. The molecule has 0 amide bonds. The fourth-order valence-electron chi connectivity index (χ4n) is 2.81. The minimum atomic E-state index is -2.56. The summed E-state index contributed by atoms with van der Waals surface area (Å²) < 4.78 is 25.4. The molecule has 1 unspecified atom stereocenters. The van der Waals surface area contributed by atoms with Gasteiger partial charge in [-0.15, -0.1) is 0 Å². The van der Waals surface area contributed by atoms with Gasteiger partial charge in [0.1, 0.15) is 0 Å². The molecule has 102 valence electrons. The van der Waals surface area contributed by atoms with Gasteiger partial charge in [0.05, 0.1) is 17.6 Å². The molecular weight excluding hydrogens is 248 g/mol. The Morgan fingerprint density at radius 3 is 2.37 bits per heavy atom. The third-order valence-corrected chi connectivity index (χ3v) is 3.97. The van der Waals surface area contributed by atoms with E-state index in [0.717, 1.165) is 19.3 Å². The first-order valence-corrected chi connectivity index (χ1v) is 6.56. The highest BCUT2D eigenvalue weighted by molar-refractivity contribution is 5.29. The average molecular weight is 265 g/mol. The van der Waals surface area contributed by atoms with Crippen molar-refractivity contribution in [3.8, 4) is 6.07 Å². The van der Waals surface area contributed by atoms with Crippen LogP contribution in [-0.2, 0) is 0 Å². The van der Waals surface area contributed by atoms with Crippen molar-refractivity contribution < 1.29 is 13.9 Å². The van der Waals surface area contributed by atoms with Gasteiger partial charge in [-0.05, 0) is 24.5 Å². The predicted octanol–water partition coefficient (Wildman–Crippen LogP) is 4.13. The third kappa shape index (κ3) is 2.76. The first-order valence-electron chi connectivity index (χ1n) is 6.56. The van der Waals surface area contributed by atoms with Crippen molar-refractivity contribution in [1.29, 1.82) is 5.26 Å². The van der Waals surface area contributed by atoms with Crippen LogP contribution >= 0.6 is 0 Å². The van der Waals surface area contributed by atoms with E-state index in [4.69, 9.17) is 0 Å². The lowest BCUT2D eigenvalue weighted by molar-refractivity contribution is 0.0357. The number of nitrogens with zero attached hydrogens (tertiary/aromatic N) is 1. The minimum Gasteiger partial charge on any atom is -0.387 e. The second-order valence-corrected chi connectivity index (χ2v) is 5.20. The molecule has 2 rings (SSSR count). The van der Waals surface area contributed by atoms with Crippen molar-refractivity contribution in [2.75, 3.05) is 0 Å². The number of halogens is 2. The van der Waals surface area contributed by atoms with Crippen molar-refractivity contribution in [1.82, 2.24) is 0 Å². The molecule has 2 nitrogen and oxygen atoms in total. The number of aliphatic hydroxyl groups excluding tert-OH is 1. The molecular formula is C15H17F2NO. The molecule has 1 aliphatic rings. The molecule has 0 radical (unpaired) electrons. The summed E-state index contributed by atoms with van der Waals surface area (Å²) >= 11 is 0. The maximum absolute atomic E-state index is 12.7. The lowest BCUT2D eigenvalue weighted by Crippen LogP contribution is -2.30. The Balaban J connectivity index is 2.29. The van der Waals surface area contributed by atoms with Crippen LogP contribution in [0.25, 0.3) is 0 Å². The molecule has 0 saturated heterocycles. The first kappa shape index (κ1) is 14.0. The summed E-state index contributed by atoms with van der Waals surface area (Å²) in [6.45, 7) is 0. The quantitative estimate of drug-likeness (QED) is 0.892. The van der Waals surface area contributed by atoms with Crippen LogP contribution in [0.1, 0.15) is 55.8 Å². The van der Waals surface area contributed by atoms with E-state index in [-0.39, 0.29) is 5.56 Å². The Bertz CT molecular complexity index is 475. The van der Waals surface area contributed by atoms with Crippen LogP contribution in [0, 0.1) is 16.7 Å². The standard InChI is InChI=1S/C15H17F2NO/c16-14(17)12-6-4-5-11(9-12)13(19)15(10-18)7-2-1-3-8-15/h4-6,9,13-14,19H,1-3,7-8H2. The number of alkyl halides is 2. The highest BCUT2D eigenvalue weighted by atomic mass is 19.3. The second kappa shape index (κ2) is 5.66. The van der Waals surface area contributed by atoms with E-state index in [1.165, 1.54) is 18.2 Å². The van der Waals surface area contributed by atoms with Gasteiger partial charge in [-0.3, -0.25) is 0 Å². The molecule has 0 heterocycles. The molecule has 1 aliphatic carbocycles. The van der Waals surface area contributed by atoms with Crippen LogP contribution in [0.3, 0.4) is 0 Å². The van der Waals surface area contributed by atoms with Crippen LogP contribution in [0.5, 0.6) is 0 Å². The summed E-state index contributed by atoms with van der Waals surface area (Å²) in [5, 5.41) is 19.8. The maximum Gasteiger partial charge on any atom is 0.263 e. The topological polar surface area (TPSA) is 44.0 Å². The molecule has 0 aromatic heterocycles. The highest BCUT2D eigenvalue weighted by Gasteiger charge is 2.40. The van der Waals surface area contributed by atoms with E-state index in [9.17, 15) is 19.1 Å². The first-order chi connectivity index (χ1) is 9.09. The monoisotopic (exact) mass is 265 g/mol. The van der Waals surface area contributed by atoms with Crippen LogP contribution in [0.4, 0.5) is 8.78 Å². The van der Waals surface area contributed by atoms with Crippen molar-refractivity contribution >= 4 is 0 Å². The summed E-state index contributed by atoms with van der Waals surface area (Å²) in [7, 11) is 0. The van der Waals surface area contributed by atoms with Gasteiger partial charge in [-0.2, -0.15) is 5.26 Å². The molecule has 0 spiro atoms. The van der Waals surface area contributed by atoms with Gasteiger partial charge < -0.3 is 5.11 Å². The maximum atomic E-state index is 12.7. The summed E-state index contributed by atoms with van der Waals surface area (Å²) in [5.41, 5.74) is -0.513. The van der Waals surface area contributed by atoms with Gasteiger partial charge >= 0.3 is 0 Å². The van der Waals surface area contributed by atoms with E-state index in [0.29, 0.717) is 18.4 Å². The number of hydrogen-bond donors (Lipinski definition) is 1. The molecule has 19 heavy (non-hydrogen) atoms. The number of rotatable bonds is 3. The van der Waals surface area contributed by atoms with E-state index >= 15 is 0 Å². The van der Waals surface area contributed by atoms with Gasteiger partial charge in [0.25, 0.3) is 6.43 Å². The largest absolute Gasteiger partial charge is 0.387 e. The molecule has 0 aliphatic heterocycles. The number of nitriles is 1. The van der Waals surface area contributed by atoms with Crippen molar-refractivity contribution in [2.45, 2.75) is 44.6 Å². The Labute approximate surface area is 111 Å². The van der Waals surface area contributed by atoms with Gasteiger partial charge in [0, 0.05) is 5.56 Å². The summed E-state index contributed by atoms with van der Waals surface area (Å²) in [4.78, 5) is 0.